The number of rotatable bonds is 4. The van der Waals surface area contributed by atoms with E-state index in [1.165, 1.54) is 0 Å². The van der Waals surface area contributed by atoms with Crippen molar-refractivity contribution in [3.05, 3.63) is 60.3 Å². The van der Waals surface area contributed by atoms with E-state index in [0.717, 1.165) is 39.6 Å². The first-order valence-corrected chi connectivity index (χ1v) is 8.02. The molecule has 0 saturated carbocycles. The van der Waals surface area contributed by atoms with Gasteiger partial charge in [0.25, 0.3) is 0 Å². The van der Waals surface area contributed by atoms with Crippen molar-refractivity contribution in [3.63, 3.8) is 0 Å². The summed E-state index contributed by atoms with van der Waals surface area (Å²) in [5.41, 5.74) is 4.47. The van der Waals surface area contributed by atoms with Gasteiger partial charge in [0.2, 0.25) is 0 Å². The van der Waals surface area contributed by atoms with E-state index in [4.69, 9.17) is 9.72 Å². The average molecular weight is 334 g/mol. The Kier molecular flexibility index (Phi) is 3.74. The number of aliphatic hydroxyl groups excluding tert-OH is 1. The van der Waals surface area contributed by atoms with Crippen LogP contribution in [0.3, 0.4) is 0 Å². The van der Waals surface area contributed by atoms with Crippen LogP contribution < -0.4 is 4.74 Å². The summed E-state index contributed by atoms with van der Waals surface area (Å²) < 4.78 is 7.38. The number of imidazole rings is 1. The van der Waals surface area contributed by atoms with Gasteiger partial charge in [-0.15, -0.1) is 0 Å². The molecule has 2 N–H and O–H groups in total. The Morgan fingerprint density at radius 1 is 1.12 bits per heavy atom. The second-order valence-corrected chi connectivity index (χ2v) is 5.86. The van der Waals surface area contributed by atoms with E-state index < -0.39 is 6.10 Å². The average Bonchev–Trinajstić information content (AvgIpc) is 3.28. The monoisotopic (exact) mass is 334 g/mol. The van der Waals surface area contributed by atoms with Crippen molar-refractivity contribution in [3.8, 4) is 23.0 Å². The second-order valence-electron chi connectivity index (χ2n) is 5.86. The highest BCUT2D eigenvalue weighted by Crippen LogP contribution is 2.30. The van der Waals surface area contributed by atoms with Gasteiger partial charge in [-0.05, 0) is 42.8 Å². The molecule has 0 amide bonds. The van der Waals surface area contributed by atoms with Crippen molar-refractivity contribution < 1.29 is 9.84 Å². The number of H-pyrrole nitrogens is 1. The number of aromatic amines is 1. The largest absolute Gasteiger partial charge is 0.497 e. The van der Waals surface area contributed by atoms with E-state index in [1.807, 2.05) is 48.5 Å². The number of hydrogen-bond acceptors (Lipinski definition) is 4. The van der Waals surface area contributed by atoms with E-state index in [1.54, 1.807) is 20.2 Å². The molecule has 2 heterocycles. The molecule has 0 radical (unpaired) electrons. The maximum atomic E-state index is 9.73. The number of fused-ring (bicyclic) bond motifs is 1. The van der Waals surface area contributed by atoms with Crippen molar-refractivity contribution >= 4 is 11.0 Å². The molecule has 0 aliphatic heterocycles. The number of aromatic nitrogens is 4. The molecule has 25 heavy (non-hydrogen) atoms. The molecule has 0 fully saturated rings. The van der Waals surface area contributed by atoms with Crippen LogP contribution in [0.5, 0.6) is 5.75 Å². The van der Waals surface area contributed by atoms with E-state index in [0.29, 0.717) is 0 Å². The SMILES string of the molecule is COc1ccc2c(c1)nc(-c1ccn[nH]1)n2-c1ccc(C(C)O)cc1. The molecule has 1 unspecified atom stereocenters. The van der Waals surface area contributed by atoms with Gasteiger partial charge in [0, 0.05) is 18.0 Å². The summed E-state index contributed by atoms with van der Waals surface area (Å²) in [4.78, 5) is 4.76. The summed E-state index contributed by atoms with van der Waals surface area (Å²) >= 11 is 0. The van der Waals surface area contributed by atoms with Crippen LogP contribution >= 0.6 is 0 Å². The number of nitrogens with zero attached hydrogens (tertiary/aromatic N) is 3. The van der Waals surface area contributed by atoms with Crippen LogP contribution in [0.4, 0.5) is 0 Å². The van der Waals surface area contributed by atoms with Crippen LogP contribution in [0.2, 0.25) is 0 Å². The Morgan fingerprint density at radius 2 is 1.92 bits per heavy atom. The minimum Gasteiger partial charge on any atom is -0.497 e. The van der Waals surface area contributed by atoms with Gasteiger partial charge in [-0.1, -0.05) is 12.1 Å². The molecule has 6 heteroatoms. The molecule has 126 valence electrons. The van der Waals surface area contributed by atoms with E-state index in [9.17, 15) is 5.11 Å². The molecule has 0 bridgehead atoms. The van der Waals surface area contributed by atoms with Crippen molar-refractivity contribution in [2.45, 2.75) is 13.0 Å². The molecular formula is C19H18N4O2. The van der Waals surface area contributed by atoms with Crippen LogP contribution in [0.1, 0.15) is 18.6 Å². The summed E-state index contributed by atoms with van der Waals surface area (Å²) in [6, 6.07) is 15.5. The fraction of sp³-hybridized carbons (Fsp3) is 0.158. The minimum absolute atomic E-state index is 0.495. The molecule has 0 saturated heterocycles. The molecular weight excluding hydrogens is 316 g/mol. The van der Waals surface area contributed by atoms with Gasteiger partial charge in [-0.2, -0.15) is 5.10 Å². The van der Waals surface area contributed by atoms with Gasteiger partial charge < -0.3 is 9.84 Å². The zero-order chi connectivity index (χ0) is 17.4. The van der Waals surface area contributed by atoms with Gasteiger partial charge in [-0.25, -0.2) is 4.98 Å². The molecule has 0 aliphatic rings. The summed E-state index contributed by atoms with van der Waals surface area (Å²) in [6.45, 7) is 1.75. The Bertz CT molecular complexity index is 1000. The van der Waals surface area contributed by atoms with E-state index >= 15 is 0 Å². The minimum atomic E-state index is -0.495. The Hall–Kier alpha value is -3.12. The molecule has 4 aromatic rings. The van der Waals surface area contributed by atoms with Crippen LogP contribution in [0.25, 0.3) is 28.2 Å². The van der Waals surface area contributed by atoms with Gasteiger partial charge >= 0.3 is 0 Å². The topological polar surface area (TPSA) is 76.0 Å². The van der Waals surface area contributed by atoms with E-state index in [2.05, 4.69) is 14.8 Å². The summed E-state index contributed by atoms with van der Waals surface area (Å²) in [7, 11) is 1.64. The third kappa shape index (κ3) is 2.66. The fourth-order valence-corrected chi connectivity index (χ4v) is 2.91. The van der Waals surface area contributed by atoms with Gasteiger partial charge in [0.05, 0.1) is 24.2 Å². The molecule has 2 aromatic heterocycles. The summed E-state index contributed by atoms with van der Waals surface area (Å²) in [5.74, 6) is 1.53. The van der Waals surface area contributed by atoms with Gasteiger partial charge in [-0.3, -0.25) is 9.67 Å². The normalized spacial score (nSPS) is 12.4. The lowest BCUT2D eigenvalue weighted by Crippen LogP contribution is -1.99. The lowest BCUT2D eigenvalue weighted by atomic mass is 10.1. The molecule has 6 nitrogen and oxygen atoms in total. The molecule has 0 spiro atoms. The number of benzene rings is 2. The molecule has 0 aliphatic carbocycles. The predicted molar refractivity (Wildman–Crippen MR) is 95.8 cm³/mol. The Labute approximate surface area is 144 Å². The van der Waals surface area contributed by atoms with Crippen molar-refractivity contribution in [1.29, 1.82) is 0 Å². The Balaban J connectivity index is 1.95. The lowest BCUT2D eigenvalue weighted by Gasteiger charge is -2.11. The summed E-state index contributed by atoms with van der Waals surface area (Å²) in [6.07, 6.45) is 1.21. The fourth-order valence-electron chi connectivity index (χ4n) is 2.91. The lowest BCUT2D eigenvalue weighted by molar-refractivity contribution is 0.199. The number of nitrogens with one attached hydrogen (secondary N) is 1. The third-order valence-corrected chi connectivity index (χ3v) is 4.24. The highest BCUT2D eigenvalue weighted by molar-refractivity contribution is 5.83. The standard InChI is InChI=1S/C19H18N4O2/c1-12(24)13-3-5-14(6-4-13)23-18-8-7-15(25-2)11-17(18)21-19(23)16-9-10-20-22-16/h3-12,24H,1-2H3,(H,20,22). The van der Waals surface area contributed by atoms with Crippen LogP contribution in [-0.2, 0) is 0 Å². The first-order chi connectivity index (χ1) is 12.2. The maximum Gasteiger partial charge on any atom is 0.163 e. The highest BCUT2D eigenvalue weighted by atomic mass is 16.5. The van der Waals surface area contributed by atoms with Crippen molar-refractivity contribution in [2.75, 3.05) is 7.11 Å². The highest BCUT2D eigenvalue weighted by Gasteiger charge is 2.16. The molecule has 2 aromatic carbocycles. The van der Waals surface area contributed by atoms with Crippen LogP contribution in [-0.4, -0.2) is 32.0 Å². The number of aliphatic hydroxyl groups is 1. The van der Waals surface area contributed by atoms with Gasteiger partial charge in [0.1, 0.15) is 11.4 Å². The third-order valence-electron chi connectivity index (χ3n) is 4.24. The number of hydrogen-bond donors (Lipinski definition) is 2. The van der Waals surface area contributed by atoms with Crippen LogP contribution in [0.15, 0.2) is 54.7 Å². The smallest absolute Gasteiger partial charge is 0.163 e. The summed E-state index contributed by atoms with van der Waals surface area (Å²) in [5, 5.41) is 16.7. The van der Waals surface area contributed by atoms with Crippen molar-refractivity contribution in [1.82, 2.24) is 19.7 Å². The van der Waals surface area contributed by atoms with Crippen molar-refractivity contribution in [2.24, 2.45) is 0 Å². The zero-order valence-electron chi connectivity index (χ0n) is 14.0. The molecule has 1 atom stereocenters. The Morgan fingerprint density at radius 3 is 2.56 bits per heavy atom. The first-order valence-electron chi connectivity index (χ1n) is 8.02. The predicted octanol–water partition coefficient (Wildman–Crippen LogP) is 3.48. The zero-order valence-corrected chi connectivity index (χ0v) is 14.0. The number of ether oxygens (including phenoxy) is 1. The van der Waals surface area contributed by atoms with Gasteiger partial charge in [0.15, 0.2) is 5.82 Å². The first kappa shape index (κ1) is 15.4. The maximum absolute atomic E-state index is 9.73. The molecule has 4 rings (SSSR count). The number of methoxy groups -OCH3 is 1. The second kappa shape index (κ2) is 6.07. The van der Waals surface area contributed by atoms with E-state index in [-0.39, 0.29) is 0 Å². The quantitative estimate of drug-likeness (QED) is 0.599. The van der Waals surface area contributed by atoms with Crippen LogP contribution in [0, 0.1) is 0 Å².